The van der Waals surface area contributed by atoms with E-state index in [4.69, 9.17) is 5.73 Å². The molecule has 0 atom stereocenters. The van der Waals surface area contributed by atoms with Crippen molar-refractivity contribution in [3.8, 4) is 0 Å². The van der Waals surface area contributed by atoms with Gasteiger partial charge in [-0.2, -0.15) is 0 Å². The van der Waals surface area contributed by atoms with Crippen LogP contribution in [-0.2, 0) is 0 Å². The van der Waals surface area contributed by atoms with Gasteiger partial charge in [0.05, 0.1) is 0 Å². The second-order valence-electron chi connectivity index (χ2n) is 3.38. The number of nitrogens with zero attached hydrogens (tertiary/aromatic N) is 4. The fourth-order valence-corrected chi connectivity index (χ4v) is 4.16. The molecule has 0 saturated heterocycles. The average molecular weight is 299 g/mol. The lowest BCUT2D eigenvalue weighted by atomic mass is 10.4. The fourth-order valence-electron chi connectivity index (χ4n) is 1.10. The first kappa shape index (κ1) is 13.6. The van der Waals surface area contributed by atoms with Gasteiger partial charge in [0, 0.05) is 18.1 Å². The fraction of sp³-hybridized carbons (Fsp3) is 0.400. The molecular weight excluding hydrogens is 286 g/mol. The van der Waals surface area contributed by atoms with Crippen molar-refractivity contribution in [1.82, 2.24) is 20.2 Å². The molecule has 0 fully saturated rings. The van der Waals surface area contributed by atoms with E-state index >= 15 is 0 Å². The largest absolute Gasteiger partial charge is 0.381 e. The van der Waals surface area contributed by atoms with Gasteiger partial charge >= 0.3 is 0 Å². The second kappa shape index (κ2) is 6.91. The first-order chi connectivity index (χ1) is 8.79. The average Bonchev–Trinajstić information content (AvgIpc) is 2.80. The molecule has 2 N–H and O–H groups in total. The van der Waals surface area contributed by atoms with Crippen LogP contribution in [0.4, 0.5) is 5.82 Å². The van der Waals surface area contributed by atoms with Crippen molar-refractivity contribution < 1.29 is 0 Å². The van der Waals surface area contributed by atoms with Gasteiger partial charge in [-0.25, -0.2) is 9.97 Å². The standard InChI is InChI=1S/C10H13N5S3/c1-2-3-6-16-9-14-15-10(18-9)17-8-7(11)12-4-5-13-8/h4-5H,2-3,6H2,1H3,(H2,11,12). The quantitative estimate of drug-likeness (QED) is 0.649. The molecule has 0 amide bonds. The van der Waals surface area contributed by atoms with Crippen LogP contribution in [0.2, 0.25) is 0 Å². The van der Waals surface area contributed by atoms with E-state index in [0.29, 0.717) is 10.8 Å². The summed E-state index contributed by atoms with van der Waals surface area (Å²) < 4.78 is 1.84. The number of nitrogen functional groups attached to an aromatic ring is 1. The van der Waals surface area contributed by atoms with E-state index in [1.54, 1.807) is 35.5 Å². The summed E-state index contributed by atoms with van der Waals surface area (Å²) in [6.07, 6.45) is 5.59. The summed E-state index contributed by atoms with van der Waals surface area (Å²) in [6.45, 7) is 2.18. The van der Waals surface area contributed by atoms with Crippen LogP contribution in [0.3, 0.4) is 0 Å². The Morgan fingerprint density at radius 1 is 1.22 bits per heavy atom. The van der Waals surface area contributed by atoms with Gasteiger partial charge in [-0.05, 0) is 18.2 Å². The molecule has 2 aromatic rings. The molecule has 0 aliphatic heterocycles. The van der Waals surface area contributed by atoms with Crippen molar-refractivity contribution in [2.75, 3.05) is 11.5 Å². The predicted octanol–water partition coefficient (Wildman–Crippen LogP) is 2.95. The number of aromatic nitrogens is 4. The summed E-state index contributed by atoms with van der Waals surface area (Å²) in [6, 6.07) is 0. The molecule has 0 aliphatic carbocycles. The minimum atomic E-state index is 0.429. The normalized spacial score (nSPS) is 10.7. The van der Waals surface area contributed by atoms with E-state index in [2.05, 4.69) is 27.1 Å². The van der Waals surface area contributed by atoms with Crippen LogP contribution >= 0.6 is 34.9 Å². The zero-order chi connectivity index (χ0) is 12.8. The lowest BCUT2D eigenvalue weighted by Gasteiger charge is -1.98. The third-order valence-electron chi connectivity index (χ3n) is 1.99. The number of unbranched alkanes of at least 4 members (excludes halogenated alkanes) is 1. The Kier molecular flexibility index (Phi) is 5.21. The molecule has 0 radical (unpaired) electrons. The second-order valence-corrected chi connectivity index (χ2v) is 6.94. The lowest BCUT2D eigenvalue weighted by molar-refractivity contribution is 0.892. The first-order valence-electron chi connectivity index (χ1n) is 5.50. The highest BCUT2D eigenvalue weighted by atomic mass is 32.2. The molecule has 0 saturated carbocycles. The number of hydrogen-bond donors (Lipinski definition) is 1. The Bertz CT molecular complexity index is 502. The van der Waals surface area contributed by atoms with E-state index < -0.39 is 0 Å². The smallest absolute Gasteiger partial charge is 0.181 e. The molecule has 2 aromatic heterocycles. The van der Waals surface area contributed by atoms with E-state index in [-0.39, 0.29) is 0 Å². The SMILES string of the molecule is CCCCSc1nnc(Sc2nccnc2N)s1. The lowest BCUT2D eigenvalue weighted by Crippen LogP contribution is -1.94. The van der Waals surface area contributed by atoms with Crippen LogP contribution in [0.25, 0.3) is 0 Å². The number of rotatable bonds is 6. The predicted molar refractivity (Wildman–Crippen MR) is 76.1 cm³/mol. The van der Waals surface area contributed by atoms with E-state index in [9.17, 15) is 0 Å². The Hall–Kier alpha value is -0.860. The number of hydrogen-bond acceptors (Lipinski definition) is 8. The highest BCUT2D eigenvalue weighted by Crippen LogP contribution is 2.34. The van der Waals surface area contributed by atoms with Crippen LogP contribution in [0.1, 0.15) is 19.8 Å². The summed E-state index contributed by atoms with van der Waals surface area (Å²) in [4.78, 5) is 8.15. The van der Waals surface area contributed by atoms with Gasteiger partial charge in [0.25, 0.3) is 0 Å². The molecule has 2 heterocycles. The zero-order valence-electron chi connectivity index (χ0n) is 9.87. The van der Waals surface area contributed by atoms with Gasteiger partial charge < -0.3 is 5.73 Å². The molecule has 2 rings (SSSR count). The Balaban J connectivity index is 1.96. The van der Waals surface area contributed by atoms with E-state index in [1.165, 1.54) is 24.6 Å². The van der Waals surface area contributed by atoms with Crippen molar-refractivity contribution in [2.24, 2.45) is 0 Å². The molecule has 0 unspecified atom stereocenters. The summed E-state index contributed by atoms with van der Waals surface area (Å²) in [5, 5.41) is 8.93. The number of nitrogens with two attached hydrogens (primary N) is 1. The minimum Gasteiger partial charge on any atom is -0.381 e. The van der Waals surface area contributed by atoms with Crippen molar-refractivity contribution in [2.45, 2.75) is 33.5 Å². The number of anilines is 1. The highest BCUT2D eigenvalue weighted by Gasteiger charge is 2.09. The van der Waals surface area contributed by atoms with Gasteiger partial charge in [0.2, 0.25) is 0 Å². The summed E-state index contributed by atoms with van der Waals surface area (Å²) >= 11 is 4.72. The summed E-state index contributed by atoms with van der Waals surface area (Å²) in [5.74, 6) is 1.51. The maximum atomic E-state index is 5.73. The Morgan fingerprint density at radius 3 is 2.78 bits per heavy atom. The van der Waals surface area contributed by atoms with Crippen molar-refractivity contribution >= 4 is 40.7 Å². The molecule has 0 bridgehead atoms. The minimum absolute atomic E-state index is 0.429. The molecule has 0 spiro atoms. The Morgan fingerprint density at radius 2 is 2.00 bits per heavy atom. The molecular formula is C10H13N5S3. The van der Waals surface area contributed by atoms with Crippen LogP contribution < -0.4 is 5.73 Å². The van der Waals surface area contributed by atoms with E-state index in [1.807, 2.05) is 0 Å². The van der Waals surface area contributed by atoms with Gasteiger partial charge in [-0.3, -0.25) is 0 Å². The number of thioether (sulfide) groups is 1. The van der Waals surface area contributed by atoms with Crippen LogP contribution in [0.15, 0.2) is 26.1 Å². The maximum Gasteiger partial charge on any atom is 0.181 e. The Labute approximate surface area is 118 Å². The summed E-state index contributed by atoms with van der Waals surface area (Å²) in [5.41, 5.74) is 5.73. The highest BCUT2D eigenvalue weighted by molar-refractivity contribution is 8.03. The van der Waals surface area contributed by atoms with E-state index in [0.717, 1.165) is 14.4 Å². The van der Waals surface area contributed by atoms with Gasteiger partial charge in [-0.15, -0.1) is 10.2 Å². The van der Waals surface area contributed by atoms with Crippen molar-refractivity contribution in [1.29, 1.82) is 0 Å². The maximum absolute atomic E-state index is 5.73. The van der Waals surface area contributed by atoms with Gasteiger partial charge in [0.1, 0.15) is 5.03 Å². The van der Waals surface area contributed by atoms with Crippen LogP contribution in [0, 0.1) is 0 Å². The van der Waals surface area contributed by atoms with Crippen molar-refractivity contribution in [3.63, 3.8) is 0 Å². The van der Waals surface area contributed by atoms with Gasteiger partial charge in [0.15, 0.2) is 14.5 Å². The topological polar surface area (TPSA) is 77.6 Å². The first-order valence-corrected chi connectivity index (χ1v) is 8.12. The molecule has 0 aliphatic rings. The molecule has 8 heteroatoms. The molecule has 18 heavy (non-hydrogen) atoms. The van der Waals surface area contributed by atoms with Crippen LogP contribution in [-0.4, -0.2) is 25.9 Å². The third-order valence-corrected chi connectivity index (χ3v) is 5.19. The zero-order valence-corrected chi connectivity index (χ0v) is 12.3. The van der Waals surface area contributed by atoms with Crippen molar-refractivity contribution in [3.05, 3.63) is 12.4 Å². The molecule has 96 valence electrons. The summed E-state index contributed by atoms with van der Waals surface area (Å²) in [7, 11) is 0. The molecule has 5 nitrogen and oxygen atoms in total. The third kappa shape index (κ3) is 3.82. The van der Waals surface area contributed by atoms with Crippen LogP contribution in [0.5, 0.6) is 0 Å². The van der Waals surface area contributed by atoms with Gasteiger partial charge in [-0.1, -0.05) is 36.4 Å². The monoisotopic (exact) mass is 299 g/mol. The molecule has 0 aromatic carbocycles.